The van der Waals surface area contributed by atoms with Crippen LogP contribution >= 0.6 is 12.2 Å². The Morgan fingerprint density at radius 3 is 2.57 bits per heavy atom. The second-order valence-electron chi connectivity index (χ2n) is 4.04. The van der Waals surface area contributed by atoms with Crippen LogP contribution in [0.5, 0.6) is 0 Å². The van der Waals surface area contributed by atoms with Crippen LogP contribution in [0, 0.1) is 4.77 Å². The van der Waals surface area contributed by atoms with E-state index in [9.17, 15) is 9.59 Å². The summed E-state index contributed by atoms with van der Waals surface area (Å²) in [6.45, 7) is 0. The molecule has 0 unspecified atom stereocenters. The van der Waals surface area contributed by atoms with Gasteiger partial charge in [-0.1, -0.05) is 12.1 Å². The standard InChI is InChI=1S/C13H12N4O3S/c1-20-12(19)8-4-2-7(3-5-8)6-15-9-10(14)16-13(21)17-11(9)18/h2-6H,1H3,(H4,14,16,17,18,21)/b15-6+. The van der Waals surface area contributed by atoms with Crippen molar-refractivity contribution in [1.82, 2.24) is 9.97 Å². The molecule has 0 atom stereocenters. The van der Waals surface area contributed by atoms with Gasteiger partial charge >= 0.3 is 5.97 Å². The molecule has 0 spiro atoms. The number of nitrogens with one attached hydrogen (secondary N) is 2. The van der Waals surface area contributed by atoms with E-state index in [2.05, 4.69) is 19.7 Å². The quantitative estimate of drug-likeness (QED) is 0.452. The number of carbonyl (C=O) groups excluding carboxylic acids is 1. The minimum absolute atomic E-state index is 0.0423. The molecule has 1 aromatic heterocycles. The number of H-pyrrole nitrogens is 2. The number of ether oxygens (including phenoxy) is 1. The molecule has 0 aliphatic carbocycles. The minimum atomic E-state index is -0.473. The van der Waals surface area contributed by atoms with Gasteiger partial charge < -0.3 is 15.5 Å². The van der Waals surface area contributed by atoms with Gasteiger partial charge in [0.25, 0.3) is 5.56 Å². The van der Waals surface area contributed by atoms with Crippen molar-refractivity contribution in [3.63, 3.8) is 0 Å². The van der Waals surface area contributed by atoms with Crippen molar-refractivity contribution in [2.45, 2.75) is 0 Å². The second kappa shape index (κ2) is 6.14. The van der Waals surface area contributed by atoms with Gasteiger partial charge in [0.15, 0.2) is 10.5 Å². The maximum absolute atomic E-state index is 11.7. The lowest BCUT2D eigenvalue weighted by molar-refractivity contribution is 0.0601. The number of nitrogens with zero attached hydrogens (tertiary/aromatic N) is 1. The fourth-order valence-corrected chi connectivity index (χ4v) is 1.79. The maximum atomic E-state index is 11.7. The van der Waals surface area contributed by atoms with E-state index in [1.807, 2.05) is 0 Å². The zero-order chi connectivity index (χ0) is 15.4. The van der Waals surface area contributed by atoms with Crippen LogP contribution in [0.1, 0.15) is 15.9 Å². The molecule has 2 rings (SSSR count). The van der Waals surface area contributed by atoms with E-state index < -0.39 is 11.5 Å². The lowest BCUT2D eigenvalue weighted by Crippen LogP contribution is -2.10. The van der Waals surface area contributed by atoms with Crippen molar-refractivity contribution in [3.8, 4) is 0 Å². The summed E-state index contributed by atoms with van der Waals surface area (Å²) in [6.07, 6.45) is 1.46. The van der Waals surface area contributed by atoms with E-state index in [4.69, 9.17) is 18.0 Å². The van der Waals surface area contributed by atoms with Gasteiger partial charge in [-0.2, -0.15) is 0 Å². The average Bonchev–Trinajstić information content (AvgIpc) is 2.46. The monoisotopic (exact) mass is 304 g/mol. The number of aliphatic imine (C=N–C) groups is 1. The lowest BCUT2D eigenvalue weighted by atomic mass is 10.1. The van der Waals surface area contributed by atoms with Crippen molar-refractivity contribution in [1.29, 1.82) is 0 Å². The molecule has 0 radical (unpaired) electrons. The van der Waals surface area contributed by atoms with Crippen LogP contribution in [-0.2, 0) is 4.74 Å². The van der Waals surface area contributed by atoms with Crippen LogP contribution in [0.25, 0.3) is 0 Å². The third-order valence-corrected chi connectivity index (χ3v) is 2.82. The van der Waals surface area contributed by atoms with E-state index in [1.54, 1.807) is 24.3 Å². The molecule has 0 bridgehead atoms. The van der Waals surface area contributed by atoms with E-state index >= 15 is 0 Å². The molecule has 0 saturated heterocycles. The van der Waals surface area contributed by atoms with Crippen LogP contribution < -0.4 is 11.3 Å². The number of nitrogens with two attached hydrogens (primary N) is 1. The van der Waals surface area contributed by atoms with Crippen LogP contribution in [0.2, 0.25) is 0 Å². The van der Waals surface area contributed by atoms with Gasteiger partial charge in [-0.05, 0) is 29.9 Å². The Balaban J connectivity index is 2.28. The van der Waals surface area contributed by atoms with Crippen LogP contribution in [0.15, 0.2) is 34.1 Å². The molecule has 7 nitrogen and oxygen atoms in total. The molecule has 0 amide bonds. The average molecular weight is 304 g/mol. The highest BCUT2D eigenvalue weighted by molar-refractivity contribution is 7.71. The Morgan fingerprint density at radius 1 is 1.33 bits per heavy atom. The number of aromatic nitrogens is 2. The highest BCUT2D eigenvalue weighted by Gasteiger charge is 2.05. The molecule has 1 aromatic carbocycles. The van der Waals surface area contributed by atoms with Crippen LogP contribution in [0.3, 0.4) is 0 Å². The van der Waals surface area contributed by atoms with Crippen LogP contribution in [0.4, 0.5) is 11.5 Å². The first-order chi connectivity index (χ1) is 10.0. The van der Waals surface area contributed by atoms with Crippen molar-refractivity contribution in [2.24, 2.45) is 4.99 Å². The fourth-order valence-electron chi connectivity index (χ4n) is 1.59. The summed E-state index contributed by atoms with van der Waals surface area (Å²) in [6, 6.07) is 6.54. The molecule has 0 aliphatic rings. The summed E-state index contributed by atoms with van der Waals surface area (Å²) in [4.78, 5) is 32.0. The Hall–Kier alpha value is -2.74. The van der Waals surface area contributed by atoms with Gasteiger partial charge in [0, 0.05) is 6.21 Å². The largest absolute Gasteiger partial charge is 0.465 e. The van der Waals surface area contributed by atoms with Gasteiger partial charge in [0.05, 0.1) is 12.7 Å². The highest BCUT2D eigenvalue weighted by Crippen LogP contribution is 2.12. The summed E-state index contributed by atoms with van der Waals surface area (Å²) in [7, 11) is 1.31. The smallest absolute Gasteiger partial charge is 0.337 e. The number of anilines is 1. The van der Waals surface area contributed by atoms with E-state index in [0.29, 0.717) is 11.1 Å². The Kier molecular flexibility index (Phi) is 4.29. The summed E-state index contributed by atoms with van der Waals surface area (Å²) in [5.41, 5.74) is 6.34. The molecular formula is C13H12N4O3S. The number of benzene rings is 1. The van der Waals surface area contributed by atoms with E-state index in [1.165, 1.54) is 13.3 Å². The van der Waals surface area contributed by atoms with E-state index in [0.717, 1.165) is 0 Å². The molecule has 2 aromatic rings. The number of rotatable bonds is 3. The number of nitrogen functional groups attached to an aromatic ring is 1. The Bertz CT molecular complexity index is 805. The number of methoxy groups -OCH3 is 1. The van der Waals surface area contributed by atoms with Crippen molar-refractivity contribution in [3.05, 3.63) is 50.5 Å². The first-order valence-electron chi connectivity index (χ1n) is 5.86. The highest BCUT2D eigenvalue weighted by atomic mass is 32.1. The van der Waals surface area contributed by atoms with Gasteiger partial charge in [-0.15, -0.1) is 0 Å². The molecule has 8 heteroatoms. The number of hydrogen-bond donors (Lipinski definition) is 3. The predicted octanol–water partition coefficient (Wildman–Crippen LogP) is 1.55. The fraction of sp³-hybridized carbons (Fsp3) is 0.0769. The third kappa shape index (κ3) is 3.42. The maximum Gasteiger partial charge on any atom is 0.337 e. The third-order valence-electron chi connectivity index (χ3n) is 2.62. The molecule has 1 heterocycles. The molecule has 0 aliphatic heterocycles. The first kappa shape index (κ1) is 14.7. The second-order valence-corrected chi connectivity index (χ2v) is 4.45. The zero-order valence-corrected chi connectivity index (χ0v) is 11.9. The molecule has 0 saturated carbocycles. The minimum Gasteiger partial charge on any atom is -0.465 e. The molecule has 0 fully saturated rings. The molecular weight excluding hydrogens is 292 g/mol. The summed E-state index contributed by atoms with van der Waals surface area (Å²) in [5.74, 6) is -0.332. The summed E-state index contributed by atoms with van der Waals surface area (Å²) >= 11 is 4.79. The normalized spacial score (nSPS) is 10.7. The van der Waals surface area contributed by atoms with Gasteiger partial charge in [0.1, 0.15) is 5.82 Å². The van der Waals surface area contributed by atoms with Gasteiger partial charge in [0.2, 0.25) is 0 Å². The molecule has 21 heavy (non-hydrogen) atoms. The number of carbonyl (C=O) groups is 1. The SMILES string of the molecule is COC(=O)c1ccc(/C=N/c2c(N)[nH]c(=S)[nH]c2=O)cc1. The number of aromatic amines is 2. The topological polar surface area (TPSA) is 113 Å². The van der Waals surface area contributed by atoms with Gasteiger partial charge in [-0.3, -0.25) is 9.78 Å². The van der Waals surface area contributed by atoms with Crippen molar-refractivity contribution in [2.75, 3.05) is 12.8 Å². The van der Waals surface area contributed by atoms with Crippen LogP contribution in [-0.4, -0.2) is 29.3 Å². The number of esters is 1. The Labute approximate surface area is 124 Å². The predicted molar refractivity (Wildman–Crippen MR) is 81.7 cm³/mol. The summed E-state index contributed by atoms with van der Waals surface area (Å²) < 4.78 is 4.74. The first-order valence-corrected chi connectivity index (χ1v) is 6.26. The molecule has 108 valence electrons. The lowest BCUT2D eigenvalue weighted by Gasteiger charge is -2.00. The van der Waals surface area contributed by atoms with E-state index in [-0.39, 0.29) is 16.3 Å². The zero-order valence-electron chi connectivity index (χ0n) is 11.0. The number of hydrogen-bond acceptors (Lipinski definition) is 6. The van der Waals surface area contributed by atoms with Crippen molar-refractivity contribution < 1.29 is 9.53 Å². The molecule has 4 N–H and O–H groups in total. The Morgan fingerprint density at radius 2 is 2.00 bits per heavy atom. The van der Waals surface area contributed by atoms with Crippen molar-refractivity contribution >= 4 is 35.9 Å². The summed E-state index contributed by atoms with van der Waals surface area (Å²) in [5, 5.41) is 0. The van der Waals surface area contributed by atoms with Gasteiger partial charge in [-0.25, -0.2) is 9.79 Å².